The molecule has 0 aromatic heterocycles. The maximum Gasteiger partial charge on any atom is 0.234 e. The van der Waals surface area contributed by atoms with Crippen molar-refractivity contribution >= 4 is 23.4 Å². The zero-order valence-corrected chi connectivity index (χ0v) is 13.4. The third-order valence-electron chi connectivity index (χ3n) is 3.26. The summed E-state index contributed by atoms with van der Waals surface area (Å²) in [6.45, 7) is 3.27. The van der Waals surface area contributed by atoms with Crippen LogP contribution in [-0.2, 0) is 9.53 Å². The van der Waals surface area contributed by atoms with Crippen molar-refractivity contribution in [1.29, 1.82) is 5.26 Å². The molecule has 2 rings (SSSR count). The Morgan fingerprint density at radius 3 is 3.18 bits per heavy atom. The molecule has 0 saturated carbocycles. The topological polar surface area (TPSA) is 71.4 Å². The molecule has 118 valence electrons. The predicted molar refractivity (Wildman–Crippen MR) is 87.2 cm³/mol. The van der Waals surface area contributed by atoms with Gasteiger partial charge in [0, 0.05) is 6.61 Å². The van der Waals surface area contributed by atoms with Gasteiger partial charge >= 0.3 is 0 Å². The predicted octanol–water partition coefficient (Wildman–Crippen LogP) is 2.75. The minimum Gasteiger partial charge on any atom is -0.489 e. The lowest BCUT2D eigenvalue weighted by molar-refractivity contribution is -0.113. The highest BCUT2D eigenvalue weighted by Gasteiger charge is 2.17. The molecule has 1 aliphatic heterocycles. The van der Waals surface area contributed by atoms with Gasteiger partial charge in [0.15, 0.2) is 0 Å². The number of amides is 1. The number of anilines is 1. The van der Waals surface area contributed by atoms with Crippen LogP contribution in [0, 0.1) is 18.3 Å². The second kappa shape index (κ2) is 8.66. The van der Waals surface area contributed by atoms with Gasteiger partial charge in [0.1, 0.15) is 12.4 Å². The molecule has 1 aliphatic rings. The second-order valence-electron chi connectivity index (χ2n) is 5.14. The first-order valence-electron chi connectivity index (χ1n) is 7.28. The minimum atomic E-state index is -0.133. The van der Waals surface area contributed by atoms with E-state index in [4.69, 9.17) is 14.7 Å². The summed E-state index contributed by atoms with van der Waals surface area (Å²) in [7, 11) is 0. The van der Waals surface area contributed by atoms with E-state index in [-0.39, 0.29) is 17.8 Å². The molecule has 1 heterocycles. The molecule has 0 spiro atoms. The van der Waals surface area contributed by atoms with Crippen LogP contribution in [0.3, 0.4) is 0 Å². The lowest BCUT2D eigenvalue weighted by atomic mass is 10.2. The fraction of sp³-hybridized carbons (Fsp3) is 0.500. The molecule has 1 atom stereocenters. The molecular weight excluding hydrogens is 300 g/mol. The molecule has 0 bridgehead atoms. The number of ether oxygens (including phenoxy) is 2. The third-order valence-corrected chi connectivity index (χ3v) is 4.06. The zero-order chi connectivity index (χ0) is 15.8. The third kappa shape index (κ3) is 5.24. The van der Waals surface area contributed by atoms with Crippen molar-refractivity contribution in [3.8, 4) is 11.8 Å². The van der Waals surface area contributed by atoms with Gasteiger partial charge in [-0.05, 0) is 37.5 Å². The zero-order valence-electron chi connectivity index (χ0n) is 12.6. The number of aryl methyl sites for hydroxylation is 1. The number of rotatable bonds is 7. The van der Waals surface area contributed by atoms with Gasteiger partial charge < -0.3 is 14.8 Å². The van der Waals surface area contributed by atoms with Gasteiger partial charge in [-0.15, -0.1) is 11.8 Å². The van der Waals surface area contributed by atoms with Crippen molar-refractivity contribution < 1.29 is 14.3 Å². The van der Waals surface area contributed by atoms with Crippen molar-refractivity contribution in [1.82, 2.24) is 0 Å². The Morgan fingerprint density at radius 1 is 1.59 bits per heavy atom. The molecular formula is C16H20N2O3S. The second-order valence-corrected chi connectivity index (χ2v) is 6.13. The Hall–Kier alpha value is -1.71. The number of nitrogens with zero attached hydrogens (tertiary/aromatic N) is 1. The number of carbonyl (C=O) groups is 1. The van der Waals surface area contributed by atoms with Crippen molar-refractivity contribution in [2.45, 2.75) is 25.9 Å². The fourth-order valence-corrected chi connectivity index (χ4v) is 2.64. The Labute approximate surface area is 135 Å². The monoisotopic (exact) mass is 320 g/mol. The maximum atomic E-state index is 11.9. The minimum absolute atomic E-state index is 0.133. The Balaban J connectivity index is 1.94. The molecule has 5 nitrogen and oxygen atoms in total. The summed E-state index contributed by atoms with van der Waals surface area (Å²) < 4.78 is 11.4. The van der Waals surface area contributed by atoms with Crippen LogP contribution in [0.1, 0.15) is 18.4 Å². The van der Waals surface area contributed by atoms with E-state index in [1.807, 2.05) is 31.2 Å². The quantitative estimate of drug-likeness (QED) is 0.782. The number of nitriles is 1. The van der Waals surface area contributed by atoms with Gasteiger partial charge in [-0.2, -0.15) is 5.26 Å². The van der Waals surface area contributed by atoms with Crippen LogP contribution in [0.5, 0.6) is 5.75 Å². The van der Waals surface area contributed by atoms with E-state index < -0.39 is 0 Å². The van der Waals surface area contributed by atoms with Gasteiger partial charge in [-0.3, -0.25) is 4.79 Å². The Morgan fingerprint density at radius 2 is 2.45 bits per heavy atom. The van der Waals surface area contributed by atoms with Gasteiger partial charge in [0.25, 0.3) is 0 Å². The summed E-state index contributed by atoms with van der Waals surface area (Å²) in [6, 6.07) is 7.68. The molecule has 0 aliphatic carbocycles. The van der Waals surface area contributed by atoms with Crippen molar-refractivity contribution in [3.63, 3.8) is 0 Å². The summed E-state index contributed by atoms with van der Waals surface area (Å²) >= 11 is 1.29. The highest BCUT2D eigenvalue weighted by atomic mass is 32.2. The maximum absolute atomic E-state index is 11.9. The summed E-state index contributed by atoms with van der Waals surface area (Å²) in [6.07, 6.45) is 2.22. The van der Waals surface area contributed by atoms with E-state index in [0.29, 0.717) is 23.8 Å². The lowest BCUT2D eigenvalue weighted by Gasteiger charge is -2.15. The molecule has 1 aromatic carbocycles. The summed E-state index contributed by atoms with van der Waals surface area (Å²) in [5.74, 6) is 1.09. The standard InChI is InChI=1S/C16H20N2O3S/c1-12-4-5-14(18-16(19)11-22-8-6-17)15(9-12)21-10-13-3-2-7-20-13/h4-5,9,13H,2-3,7-8,10-11H2,1H3,(H,18,19). The van der Waals surface area contributed by atoms with Gasteiger partial charge in [-0.25, -0.2) is 0 Å². The first-order chi connectivity index (χ1) is 10.7. The highest BCUT2D eigenvalue weighted by molar-refractivity contribution is 8.00. The van der Waals surface area contributed by atoms with E-state index in [2.05, 4.69) is 5.32 Å². The molecule has 1 saturated heterocycles. The van der Waals surface area contributed by atoms with Gasteiger partial charge in [0.2, 0.25) is 5.91 Å². The van der Waals surface area contributed by atoms with Crippen molar-refractivity contribution in [2.24, 2.45) is 0 Å². The fourth-order valence-electron chi connectivity index (χ4n) is 2.19. The highest BCUT2D eigenvalue weighted by Crippen LogP contribution is 2.27. The van der Waals surface area contributed by atoms with E-state index in [1.165, 1.54) is 11.8 Å². The van der Waals surface area contributed by atoms with Crippen LogP contribution in [-0.4, -0.2) is 36.7 Å². The van der Waals surface area contributed by atoms with Crippen LogP contribution in [0.4, 0.5) is 5.69 Å². The normalized spacial score (nSPS) is 17.0. The summed E-state index contributed by atoms with van der Waals surface area (Å²) in [5.41, 5.74) is 1.73. The number of hydrogen-bond donors (Lipinski definition) is 1. The average Bonchev–Trinajstić information content (AvgIpc) is 3.01. The van der Waals surface area contributed by atoms with Crippen LogP contribution in [0.15, 0.2) is 18.2 Å². The lowest BCUT2D eigenvalue weighted by Crippen LogP contribution is -2.19. The summed E-state index contributed by atoms with van der Waals surface area (Å²) in [5, 5.41) is 11.3. The van der Waals surface area contributed by atoms with E-state index in [9.17, 15) is 4.79 Å². The first kappa shape index (κ1) is 16.7. The number of carbonyl (C=O) groups excluding carboxylic acids is 1. The van der Waals surface area contributed by atoms with Crippen LogP contribution >= 0.6 is 11.8 Å². The molecule has 1 unspecified atom stereocenters. The van der Waals surface area contributed by atoms with Crippen LogP contribution in [0.2, 0.25) is 0 Å². The number of hydrogen-bond acceptors (Lipinski definition) is 5. The van der Waals surface area contributed by atoms with Gasteiger partial charge in [0.05, 0.1) is 29.4 Å². The molecule has 1 N–H and O–H groups in total. The Bertz CT molecular complexity index is 551. The number of benzene rings is 1. The SMILES string of the molecule is Cc1ccc(NC(=O)CSCC#N)c(OCC2CCCO2)c1. The smallest absolute Gasteiger partial charge is 0.234 e. The molecule has 1 fully saturated rings. The first-order valence-corrected chi connectivity index (χ1v) is 8.44. The molecule has 22 heavy (non-hydrogen) atoms. The number of thioether (sulfide) groups is 1. The molecule has 1 amide bonds. The van der Waals surface area contributed by atoms with Gasteiger partial charge in [-0.1, -0.05) is 6.07 Å². The number of nitrogens with one attached hydrogen (secondary N) is 1. The molecule has 1 aromatic rings. The average molecular weight is 320 g/mol. The summed E-state index contributed by atoms with van der Waals surface area (Å²) in [4.78, 5) is 11.9. The van der Waals surface area contributed by atoms with E-state index in [0.717, 1.165) is 25.0 Å². The van der Waals surface area contributed by atoms with Crippen LogP contribution in [0.25, 0.3) is 0 Å². The van der Waals surface area contributed by atoms with E-state index >= 15 is 0 Å². The van der Waals surface area contributed by atoms with E-state index in [1.54, 1.807) is 0 Å². The largest absolute Gasteiger partial charge is 0.489 e. The molecule has 0 radical (unpaired) electrons. The Kier molecular flexibility index (Phi) is 6.56. The molecule has 6 heteroatoms. The van der Waals surface area contributed by atoms with Crippen molar-refractivity contribution in [3.05, 3.63) is 23.8 Å². The van der Waals surface area contributed by atoms with Crippen LogP contribution < -0.4 is 10.1 Å². The van der Waals surface area contributed by atoms with Crippen molar-refractivity contribution in [2.75, 3.05) is 30.0 Å².